The number of ether oxygens (including phenoxy) is 1. The highest BCUT2D eigenvalue weighted by Crippen LogP contribution is 2.26. The van der Waals surface area contributed by atoms with Crippen LogP contribution in [-0.4, -0.2) is 30.2 Å². The monoisotopic (exact) mass is 343 g/mol. The van der Waals surface area contributed by atoms with Crippen LogP contribution in [-0.2, 0) is 16.0 Å². The second kappa shape index (κ2) is 7.44. The Hall–Kier alpha value is -2.73. The minimum Gasteiger partial charge on any atom is -0.481 e. The number of hydrogen-bond acceptors (Lipinski definition) is 3. The number of carboxylic acid groups (broad SMARTS) is 1. The molecule has 0 saturated carbocycles. The van der Waals surface area contributed by atoms with Gasteiger partial charge in [-0.15, -0.1) is 0 Å². The van der Waals surface area contributed by atoms with Crippen molar-refractivity contribution in [3.8, 4) is 0 Å². The van der Waals surface area contributed by atoms with Crippen LogP contribution in [0.3, 0.4) is 0 Å². The molecule has 2 aromatic carbocycles. The zero-order valence-electron chi connectivity index (χ0n) is 13.5. The number of benzene rings is 2. The quantitative estimate of drug-likeness (QED) is 0.874. The molecule has 1 atom stereocenters. The number of nitrogens with one attached hydrogen (secondary N) is 1. The van der Waals surface area contributed by atoms with E-state index in [1.54, 1.807) is 6.07 Å². The van der Waals surface area contributed by atoms with E-state index in [1.165, 1.54) is 12.1 Å². The van der Waals surface area contributed by atoms with Gasteiger partial charge in [0, 0.05) is 23.8 Å². The Morgan fingerprint density at radius 3 is 2.76 bits per heavy atom. The Kier molecular flexibility index (Phi) is 5.09. The van der Waals surface area contributed by atoms with Crippen molar-refractivity contribution in [1.82, 2.24) is 0 Å². The molecule has 1 fully saturated rings. The second-order valence-corrected chi connectivity index (χ2v) is 6.02. The highest BCUT2D eigenvalue weighted by Gasteiger charge is 2.19. The van der Waals surface area contributed by atoms with Crippen molar-refractivity contribution in [3.05, 3.63) is 65.0 Å². The number of amides is 1. The Morgan fingerprint density at radius 2 is 2.08 bits per heavy atom. The maximum Gasteiger partial charge on any atom is 0.307 e. The van der Waals surface area contributed by atoms with E-state index >= 15 is 0 Å². The minimum absolute atomic E-state index is 0.0775. The molecular weight excluding hydrogens is 325 g/mol. The topological polar surface area (TPSA) is 75.6 Å². The minimum atomic E-state index is -1.11. The number of carbonyl (C=O) groups excluding carboxylic acids is 1. The molecule has 130 valence electrons. The summed E-state index contributed by atoms with van der Waals surface area (Å²) in [6.45, 7) is 1.38. The molecule has 25 heavy (non-hydrogen) atoms. The zero-order valence-corrected chi connectivity index (χ0v) is 13.5. The lowest BCUT2D eigenvalue weighted by Crippen LogP contribution is -2.13. The molecule has 2 aromatic rings. The maximum atomic E-state index is 13.9. The Balaban J connectivity index is 1.72. The number of hydrogen-bond donors (Lipinski definition) is 2. The maximum absolute atomic E-state index is 13.9. The van der Waals surface area contributed by atoms with Gasteiger partial charge in [0.15, 0.2) is 0 Å². The smallest absolute Gasteiger partial charge is 0.307 e. The molecule has 1 aliphatic heterocycles. The van der Waals surface area contributed by atoms with Gasteiger partial charge in [0.1, 0.15) is 5.82 Å². The molecule has 1 aliphatic rings. The molecule has 6 heteroatoms. The summed E-state index contributed by atoms with van der Waals surface area (Å²) < 4.78 is 19.3. The van der Waals surface area contributed by atoms with Crippen LogP contribution in [0.2, 0.25) is 0 Å². The molecule has 0 aromatic heterocycles. The SMILES string of the molecule is O=C(O)Cc1ccc(NC(=O)c2cccc(C3CCOC3)c2)cc1F. The van der Waals surface area contributed by atoms with E-state index in [2.05, 4.69) is 5.32 Å². The summed E-state index contributed by atoms with van der Waals surface area (Å²) in [6.07, 6.45) is 0.535. The fourth-order valence-corrected chi connectivity index (χ4v) is 2.87. The van der Waals surface area contributed by atoms with Gasteiger partial charge in [0.25, 0.3) is 5.91 Å². The third kappa shape index (κ3) is 4.22. The lowest BCUT2D eigenvalue weighted by molar-refractivity contribution is -0.136. The highest BCUT2D eigenvalue weighted by molar-refractivity contribution is 6.04. The standard InChI is InChI=1S/C19H18FNO4/c20-17-10-16(5-4-13(17)9-18(22)23)21-19(24)14-3-1-2-12(8-14)15-6-7-25-11-15/h1-5,8,10,15H,6-7,9,11H2,(H,21,24)(H,22,23). The zero-order chi connectivity index (χ0) is 17.8. The van der Waals surface area contributed by atoms with E-state index in [1.807, 2.05) is 18.2 Å². The van der Waals surface area contributed by atoms with Crippen LogP contribution in [0.4, 0.5) is 10.1 Å². The van der Waals surface area contributed by atoms with Gasteiger partial charge in [0.2, 0.25) is 0 Å². The van der Waals surface area contributed by atoms with Crippen LogP contribution in [0, 0.1) is 5.82 Å². The summed E-state index contributed by atoms with van der Waals surface area (Å²) in [5.74, 6) is -1.81. The van der Waals surface area contributed by atoms with Gasteiger partial charge in [-0.1, -0.05) is 18.2 Å². The van der Waals surface area contributed by atoms with Gasteiger partial charge >= 0.3 is 5.97 Å². The van der Waals surface area contributed by atoms with E-state index in [4.69, 9.17) is 9.84 Å². The lowest BCUT2D eigenvalue weighted by Gasteiger charge is -2.11. The first-order chi connectivity index (χ1) is 12.0. The Labute approximate surface area is 144 Å². The average Bonchev–Trinajstić information content (AvgIpc) is 3.12. The number of halogens is 1. The predicted octanol–water partition coefficient (Wildman–Crippen LogP) is 3.21. The number of carboxylic acids is 1. The fourth-order valence-electron chi connectivity index (χ4n) is 2.87. The summed E-state index contributed by atoms with van der Waals surface area (Å²) >= 11 is 0. The molecular formula is C19H18FNO4. The Bertz CT molecular complexity index is 800. The van der Waals surface area contributed by atoms with Crippen molar-refractivity contribution < 1.29 is 23.8 Å². The summed E-state index contributed by atoms with van der Waals surface area (Å²) in [4.78, 5) is 23.1. The van der Waals surface area contributed by atoms with E-state index in [-0.39, 0.29) is 17.2 Å². The summed E-state index contributed by atoms with van der Waals surface area (Å²) in [5, 5.41) is 11.4. The van der Waals surface area contributed by atoms with Crippen LogP contribution in [0.25, 0.3) is 0 Å². The van der Waals surface area contributed by atoms with Crippen molar-refractivity contribution in [2.75, 3.05) is 18.5 Å². The normalized spacial score (nSPS) is 16.6. The number of anilines is 1. The van der Waals surface area contributed by atoms with Gasteiger partial charge in [0.05, 0.1) is 13.0 Å². The van der Waals surface area contributed by atoms with E-state index in [0.29, 0.717) is 18.1 Å². The van der Waals surface area contributed by atoms with Crippen LogP contribution < -0.4 is 5.32 Å². The van der Waals surface area contributed by atoms with Gasteiger partial charge in [-0.3, -0.25) is 9.59 Å². The highest BCUT2D eigenvalue weighted by atomic mass is 19.1. The third-order valence-electron chi connectivity index (χ3n) is 4.20. The molecule has 1 amide bonds. The molecule has 1 saturated heterocycles. The van der Waals surface area contributed by atoms with Crippen LogP contribution in [0.5, 0.6) is 0 Å². The van der Waals surface area contributed by atoms with Crippen LogP contribution in [0.1, 0.15) is 33.8 Å². The summed E-state index contributed by atoms with van der Waals surface area (Å²) in [6, 6.07) is 11.3. The third-order valence-corrected chi connectivity index (χ3v) is 4.20. The molecule has 3 rings (SSSR count). The van der Waals surface area contributed by atoms with Gasteiger partial charge in [-0.2, -0.15) is 0 Å². The average molecular weight is 343 g/mol. The first kappa shape index (κ1) is 17.1. The van der Waals surface area contributed by atoms with Crippen molar-refractivity contribution >= 4 is 17.6 Å². The van der Waals surface area contributed by atoms with Crippen molar-refractivity contribution in [2.45, 2.75) is 18.8 Å². The number of rotatable bonds is 5. The fraction of sp³-hybridized carbons (Fsp3) is 0.263. The molecule has 0 radical (unpaired) electrons. The molecule has 0 spiro atoms. The number of carbonyl (C=O) groups is 2. The molecule has 0 aliphatic carbocycles. The first-order valence-corrected chi connectivity index (χ1v) is 8.02. The largest absolute Gasteiger partial charge is 0.481 e. The molecule has 2 N–H and O–H groups in total. The van der Waals surface area contributed by atoms with E-state index < -0.39 is 18.2 Å². The van der Waals surface area contributed by atoms with Crippen LogP contribution in [0.15, 0.2) is 42.5 Å². The van der Waals surface area contributed by atoms with Gasteiger partial charge < -0.3 is 15.2 Å². The van der Waals surface area contributed by atoms with E-state index in [9.17, 15) is 14.0 Å². The van der Waals surface area contributed by atoms with E-state index in [0.717, 1.165) is 24.7 Å². The van der Waals surface area contributed by atoms with Crippen LogP contribution >= 0.6 is 0 Å². The molecule has 1 heterocycles. The molecule has 0 bridgehead atoms. The summed E-state index contributed by atoms with van der Waals surface area (Å²) in [5.41, 5.74) is 1.90. The molecule has 5 nitrogen and oxygen atoms in total. The lowest BCUT2D eigenvalue weighted by atomic mass is 9.96. The van der Waals surface area contributed by atoms with Crippen molar-refractivity contribution in [2.24, 2.45) is 0 Å². The summed E-state index contributed by atoms with van der Waals surface area (Å²) in [7, 11) is 0. The predicted molar refractivity (Wildman–Crippen MR) is 90.3 cm³/mol. The molecule has 1 unspecified atom stereocenters. The van der Waals surface area contributed by atoms with Crippen molar-refractivity contribution in [1.29, 1.82) is 0 Å². The first-order valence-electron chi connectivity index (χ1n) is 8.02. The second-order valence-electron chi connectivity index (χ2n) is 6.02. The number of aliphatic carboxylic acids is 1. The van der Waals surface area contributed by atoms with Gasteiger partial charge in [-0.05, 0) is 41.8 Å². The van der Waals surface area contributed by atoms with Crippen molar-refractivity contribution in [3.63, 3.8) is 0 Å². The van der Waals surface area contributed by atoms with Gasteiger partial charge in [-0.25, -0.2) is 4.39 Å². The Morgan fingerprint density at radius 1 is 1.24 bits per heavy atom.